The third kappa shape index (κ3) is 4.05. The van der Waals surface area contributed by atoms with E-state index in [1.807, 2.05) is 30.3 Å². The van der Waals surface area contributed by atoms with E-state index in [-0.39, 0.29) is 0 Å². The molecule has 0 unspecified atom stereocenters. The third-order valence-electron chi connectivity index (χ3n) is 4.48. The maximum Gasteiger partial charge on any atom is 0.284 e. The van der Waals surface area contributed by atoms with Crippen LogP contribution in [0.3, 0.4) is 0 Å². The molecular weight excluding hydrogens is 336 g/mol. The molecule has 0 N–H and O–H groups in total. The number of rotatable bonds is 6. The number of furan rings is 1. The lowest BCUT2D eigenvalue weighted by atomic mass is 10.2. The van der Waals surface area contributed by atoms with Gasteiger partial charge in [-0.25, -0.2) is 0 Å². The van der Waals surface area contributed by atoms with Crippen molar-refractivity contribution >= 4 is 22.7 Å². The molecule has 25 heavy (non-hydrogen) atoms. The zero-order valence-corrected chi connectivity index (χ0v) is 15.2. The lowest BCUT2D eigenvalue weighted by Gasteiger charge is -2.32. The highest BCUT2D eigenvalue weighted by Crippen LogP contribution is 2.28. The first-order chi connectivity index (χ1) is 12.3. The fraction of sp³-hybridized carbons (Fsp3) is 0.444. The maximum absolute atomic E-state index is 5.76. The van der Waals surface area contributed by atoms with Gasteiger partial charge >= 0.3 is 0 Å². The quantitative estimate of drug-likeness (QED) is 0.495. The fourth-order valence-corrected chi connectivity index (χ4v) is 3.66. The van der Waals surface area contributed by atoms with Crippen molar-refractivity contribution in [1.82, 2.24) is 20.0 Å². The average Bonchev–Trinajstić information content (AvgIpc) is 3.27. The van der Waals surface area contributed by atoms with E-state index in [4.69, 9.17) is 8.83 Å². The van der Waals surface area contributed by atoms with E-state index in [0.717, 1.165) is 55.9 Å². The molecule has 1 aliphatic rings. The summed E-state index contributed by atoms with van der Waals surface area (Å²) in [5.41, 5.74) is 0.831. The van der Waals surface area contributed by atoms with E-state index in [9.17, 15) is 0 Å². The topological polar surface area (TPSA) is 58.5 Å². The fourth-order valence-electron chi connectivity index (χ4n) is 2.97. The minimum Gasteiger partial charge on any atom is -0.451 e. The zero-order valence-electron chi connectivity index (χ0n) is 14.4. The Labute approximate surface area is 151 Å². The van der Waals surface area contributed by atoms with Crippen molar-refractivity contribution in [2.45, 2.75) is 11.6 Å². The number of thioether (sulfide) groups is 1. The Bertz CT molecular complexity index is 790. The Morgan fingerprint density at radius 2 is 1.92 bits per heavy atom. The number of likely N-dealkylation sites (N-methyl/N-ethyl adjacent to an activating group) is 1. The van der Waals surface area contributed by atoms with Crippen molar-refractivity contribution in [2.24, 2.45) is 0 Å². The minimum atomic E-state index is 0.442. The molecule has 0 radical (unpaired) electrons. The van der Waals surface area contributed by atoms with Crippen molar-refractivity contribution < 1.29 is 8.83 Å². The SMILES string of the molecule is CN1CCN(CCCSc2nnc(-c3cc4ccccc4o3)o2)CC1. The first-order valence-corrected chi connectivity index (χ1v) is 9.63. The van der Waals surface area contributed by atoms with Crippen LogP contribution in [-0.4, -0.2) is 65.5 Å². The molecule has 3 aromatic rings. The van der Waals surface area contributed by atoms with E-state index in [2.05, 4.69) is 27.0 Å². The Balaban J connectivity index is 1.28. The molecule has 0 amide bonds. The van der Waals surface area contributed by atoms with Gasteiger partial charge in [0.05, 0.1) is 0 Å². The standard InChI is InChI=1S/C18H22N4O2S/c1-21-8-10-22(11-9-21)7-4-12-25-18-20-19-17(24-18)16-13-14-5-2-3-6-15(14)23-16/h2-3,5-6,13H,4,7-12H2,1H3. The summed E-state index contributed by atoms with van der Waals surface area (Å²) < 4.78 is 11.5. The summed E-state index contributed by atoms with van der Waals surface area (Å²) in [7, 11) is 2.18. The molecule has 6 nitrogen and oxygen atoms in total. The number of hydrogen-bond acceptors (Lipinski definition) is 7. The van der Waals surface area contributed by atoms with Crippen LogP contribution in [0.1, 0.15) is 6.42 Å². The van der Waals surface area contributed by atoms with Gasteiger partial charge in [-0.2, -0.15) is 0 Å². The largest absolute Gasteiger partial charge is 0.451 e. The highest BCUT2D eigenvalue weighted by Gasteiger charge is 2.15. The second-order valence-electron chi connectivity index (χ2n) is 6.37. The van der Waals surface area contributed by atoms with E-state index >= 15 is 0 Å². The number of piperazine rings is 1. The van der Waals surface area contributed by atoms with Crippen molar-refractivity contribution in [3.05, 3.63) is 30.3 Å². The van der Waals surface area contributed by atoms with Crippen LogP contribution >= 0.6 is 11.8 Å². The Morgan fingerprint density at radius 3 is 2.76 bits per heavy atom. The molecule has 4 rings (SSSR count). The zero-order chi connectivity index (χ0) is 17.1. The number of aromatic nitrogens is 2. The molecule has 0 saturated carbocycles. The molecule has 7 heteroatoms. The normalized spacial score (nSPS) is 16.7. The summed E-state index contributed by atoms with van der Waals surface area (Å²) in [4.78, 5) is 4.90. The summed E-state index contributed by atoms with van der Waals surface area (Å²) in [6.45, 7) is 5.79. The van der Waals surface area contributed by atoms with Gasteiger partial charge < -0.3 is 18.6 Å². The van der Waals surface area contributed by atoms with Gasteiger partial charge in [0.25, 0.3) is 11.1 Å². The van der Waals surface area contributed by atoms with Crippen LogP contribution < -0.4 is 0 Å². The average molecular weight is 358 g/mol. The maximum atomic E-state index is 5.76. The van der Waals surface area contributed by atoms with Crippen molar-refractivity contribution in [3.8, 4) is 11.7 Å². The van der Waals surface area contributed by atoms with Crippen LogP contribution in [0.5, 0.6) is 0 Å². The van der Waals surface area contributed by atoms with Gasteiger partial charge in [0.1, 0.15) is 5.58 Å². The molecule has 132 valence electrons. The third-order valence-corrected chi connectivity index (χ3v) is 5.39. The number of benzene rings is 1. The van der Waals surface area contributed by atoms with Crippen LogP contribution in [-0.2, 0) is 0 Å². The highest BCUT2D eigenvalue weighted by molar-refractivity contribution is 7.99. The van der Waals surface area contributed by atoms with Gasteiger partial charge in [0.2, 0.25) is 0 Å². The molecule has 1 fully saturated rings. The molecule has 3 heterocycles. The van der Waals surface area contributed by atoms with Crippen molar-refractivity contribution in [1.29, 1.82) is 0 Å². The Morgan fingerprint density at radius 1 is 1.08 bits per heavy atom. The smallest absolute Gasteiger partial charge is 0.284 e. The molecule has 0 atom stereocenters. The molecule has 0 aliphatic carbocycles. The lowest BCUT2D eigenvalue weighted by Crippen LogP contribution is -2.44. The van der Waals surface area contributed by atoms with Crippen molar-refractivity contribution in [3.63, 3.8) is 0 Å². The van der Waals surface area contributed by atoms with Gasteiger partial charge in [0.15, 0.2) is 5.76 Å². The molecule has 0 bridgehead atoms. The van der Waals surface area contributed by atoms with Gasteiger partial charge in [0, 0.05) is 37.3 Å². The first kappa shape index (κ1) is 16.6. The lowest BCUT2D eigenvalue weighted by molar-refractivity contribution is 0.154. The predicted octanol–water partition coefficient (Wildman–Crippen LogP) is 3.21. The van der Waals surface area contributed by atoms with E-state index in [1.165, 1.54) is 0 Å². The summed E-state index contributed by atoms with van der Waals surface area (Å²) >= 11 is 1.61. The van der Waals surface area contributed by atoms with E-state index in [1.54, 1.807) is 11.8 Å². The minimum absolute atomic E-state index is 0.442. The monoisotopic (exact) mass is 358 g/mol. The molecular formula is C18H22N4O2S. The predicted molar refractivity (Wildman–Crippen MR) is 98.8 cm³/mol. The summed E-state index contributed by atoms with van der Waals surface area (Å²) in [5, 5.41) is 9.88. The van der Waals surface area contributed by atoms with Gasteiger partial charge in [-0.3, -0.25) is 0 Å². The number of hydrogen-bond donors (Lipinski definition) is 0. The second kappa shape index (κ2) is 7.59. The molecule has 2 aromatic heterocycles. The second-order valence-corrected chi connectivity index (χ2v) is 7.41. The molecule has 1 aliphatic heterocycles. The van der Waals surface area contributed by atoms with Crippen molar-refractivity contribution in [2.75, 3.05) is 45.5 Å². The van der Waals surface area contributed by atoms with E-state index < -0.39 is 0 Å². The highest BCUT2D eigenvalue weighted by atomic mass is 32.2. The number of fused-ring (bicyclic) bond motifs is 1. The van der Waals surface area contributed by atoms with Crippen LogP contribution in [0, 0.1) is 0 Å². The van der Waals surface area contributed by atoms with Crippen LogP contribution in [0.4, 0.5) is 0 Å². The Hall–Kier alpha value is -1.83. The van der Waals surface area contributed by atoms with E-state index in [0.29, 0.717) is 16.9 Å². The number of para-hydroxylation sites is 1. The first-order valence-electron chi connectivity index (χ1n) is 8.64. The molecule has 1 saturated heterocycles. The van der Waals surface area contributed by atoms with Crippen LogP contribution in [0.25, 0.3) is 22.6 Å². The van der Waals surface area contributed by atoms with Gasteiger partial charge in [-0.05, 0) is 32.1 Å². The van der Waals surface area contributed by atoms with Gasteiger partial charge in [-0.15, -0.1) is 10.2 Å². The van der Waals surface area contributed by atoms with Crippen LogP contribution in [0.2, 0.25) is 0 Å². The van der Waals surface area contributed by atoms with Crippen LogP contribution in [0.15, 0.2) is 44.4 Å². The summed E-state index contributed by atoms with van der Waals surface area (Å²) in [5.74, 6) is 2.05. The summed E-state index contributed by atoms with van der Waals surface area (Å²) in [6, 6.07) is 9.81. The molecule has 1 aromatic carbocycles. The summed E-state index contributed by atoms with van der Waals surface area (Å²) in [6.07, 6.45) is 1.12. The Kier molecular flexibility index (Phi) is 5.05. The molecule has 0 spiro atoms. The number of nitrogens with zero attached hydrogens (tertiary/aromatic N) is 4. The van der Waals surface area contributed by atoms with Gasteiger partial charge in [-0.1, -0.05) is 30.0 Å².